The Morgan fingerprint density at radius 1 is 1.28 bits per heavy atom. The van der Waals surface area contributed by atoms with Gasteiger partial charge < -0.3 is 29.7 Å². The third-order valence-corrected chi connectivity index (χ3v) is 8.64. The molecule has 5 rings (SSSR count). The minimum atomic E-state index is -1.47. The summed E-state index contributed by atoms with van der Waals surface area (Å²) >= 11 is 9.20. The quantitative estimate of drug-likeness (QED) is 0.319. The van der Waals surface area contributed by atoms with Crippen LogP contribution in [0.2, 0.25) is 5.02 Å². The van der Waals surface area contributed by atoms with E-state index in [1.807, 2.05) is 6.07 Å². The van der Waals surface area contributed by atoms with Gasteiger partial charge in [-0.3, -0.25) is 4.79 Å². The first-order chi connectivity index (χ1) is 20.6. The van der Waals surface area contributed by atoms with Crippen LogP contribution in [0.1, 0.15) is 30.9 Å². The fourth-order valence-electron chi connectivity index (χ4n) is 5.75. The molecule has 2 aliphatic rings. The average Bonchev–Trinajstić information content (AvgIpc) is 3.64. The summed E-state index contributed by atoms with van der Waals surface area (Å²) in [4.78, 5) is 15.7. The minimum Gasteiger partial charge on any atom is -0.394 e. The van der Waals surface area contributed by atoms with E-state index >= 15 is 0 Å². The van der Waals surface area contributed by atoms with Crippen LogP contribution in [0.3, 0.4) is 0 Å². The van der Waals surface area contributed by atoms with E-state index in [2.05, 4.69) is 26.2 Å². The summed E-state index contributed by atoms with van der Waals surface area (Å²) in [5, 5.41) is 49.8. The lowest BCUT2D eigenvalue weighted by Gasteiger charge is -2.45. The molecule has 43 heavy (non-hydrogen) atoms. The van der Waals surface area contributed by atoms with Crippen LogP contribution in [-0.4, -0.2) is 86.5 Å². The molecule has 1 saturated carbocycles. The molecule has 1 aliphatic carbocycles. The first-order valence-corrected chi connectivity index (χ1v) is 14.5. The number of nitrogens with zero attached hydrogens (tertiary/aromatic N) is 5. The molecule has 1 aliphatic heterocycles. The van der Waals surface area contributed by atoms with E-state index in [4.69, 9.17) is 21.1 Å². The molecule has 2 heterocycles. The molecule has 0 unspecified atom stereocenters. The molecule has 0 spiro atoms. The zero-order chi connectivity index (χ0) is 31.0. The van der Waals surface area contributed by atoms with Gasteiger partial charge in [-0.1, -0.05) is 16.8 Å². The van der Waals surface area contributed by atoms with Gasteiger partial charge in [-0.15, -0.1) is 5.10 Å². The molecular formula is C28H27BrClF2N5O6. The van der Waals surface area contributed by atoms with Crippen LogP contribution in [0.25, 0.3) is 11.3 Å². The third-order valence-electron chi connectivity index (χ3n) is 7.81. The smallest absolute Gasteiger partial charge is 0.259 e. The first-order valence-electron chi connectivity index (χ1n) is 13.3. The largest absolute Gasteiger partial charge is 0.394 e. The second kappa shape index (κ2) is 12.9. The number of methoxy groups -OCH3 is 1. The Kier molecular flexibility index (Phi) is 9.43. The number of benzene rings is 2. The van der Waals surface area contributed by atoms with Crippen molar-refractivity contribution in [2.75, 3.05) is 18.6 Å². The molecule has 7 atom stereocenters. The molecule has 2 aromatic carbocycles. The Morgan fingerprint density at radius 3 is 2.70 bits per heavy atom. The Balaban J connectivity index is 1.56. The summed E-state index contributed by atoms with van der Waals surface area (Å²) in [6.45, 7) is -0.687. The molecule has 1 aromatic heterocycles. The Hall–Kier alpha value is -3.03. The normalized spacial score (nSPS) is 27.2. The molecule has 0 bridgehead atoms. The molecule has 0 radical (unpaired) electrons. The van der Waals surface area contributed by atoms with Gasteiger partial charge in [-0.25, -0.2) is 13.5 Å². The van der Waals surface area contributed by atoms with Gasteiger partial charge in [0.25, 0.3) is 5.91 Å². The van der Waals surface area contributed by atoms with Gasteiger partial charge in [0.05, 0.1) is 41.1 Å². The molecule has 15 heteroatoms. The molecule has 1 amide bonds. The van der Waals surface area contributed by atoms with Crippen molar-refractivity contribution >= 4 is 39.1 Å². The highest BCUT2D eigenvalue weighted by molar-refractivity contribution is 9.10. The highest BCUT2D eigenvalue weighted by Gasteiger charge is 2.52. The van der Waals surface area contributed by atoms with Crippen LogP contribution in [0.5, 0.6) is 0 Å². The maximum Gasteiger partial charge on any atom is 0.259 e. The number of nitriles is 1. The van der Waals surface area contributed by atoms with Gasteiger partial charge >= 0.3 is 0 Å². The fraction of sp³-hybridized carbons (Fsp3) is 0.429. The Morgan fingerprint density at radius 2 is 2.05 bits per heavy atom. The lowest BCUT2D eigenvalue weighted by Crippen LogP contribution is -2.62. The molecule has 3 N–H and O–H groups in total. The molecule has 3 aromatic rings. The summed E-state index contributed by atoms with van der Waals surface area (Å²) in [5.74, 6) is -2.96. The predicted molar refractivity (Wildman–Crippen MR) is 152 cm³/mol. The third kappa shape index (κ3) is 5.91. The van der Waals surface area contributed by atoms with Crippen LogP contribution >= 0.6 is 27.5 Å². The number of halogens is 4. The fourth-order valence-corrected chi connectivity index (χ4v) is 6.28. The average molecular weight is 683 g/mol. The number of hydrogen-bond acceptors (Lipinski definition) is 9. The summed E-state index contributed by atoms with van der Waals surface area (Å²) in [6, 6.07) is 7.13. The van der Waals surface area contributed by atoms with Crippen molar-refractivity contribution in [3.63, 3.8) is 0 Å². The SMILES string of the molecule is CO[C@@H]1[C@@H](n2cc(-c3ccc(Br)c(F)c3F)nn2)[C@@H](O)[C@@H](CO)O[C@H]1C(=O)N(c1cc(Cl)cc(C#N)c1)[C@H]1CCC[C@@H]1O. The van der Waals surface area contributed by atoms with Gasteiger partial charge in [0.2, 0.25) is 0 Å². The maximum atomic E-state index is 14.7. The Bertz CT molecular complexity index is 1560. The van der Waals surface area contributed by atoms with Crippen molar-refractivity contribution in [3.8, 4) is 17.3 Å². The van der Waals surface area contributed by atoms with E-state index in [1.165, 1.54) is 48.5 Å². The second-order valence-corrected chi connectivity index (χ2v) is 11.6. The van der Waals surface area contributed by atoms with Crippen molar-refractivity contribution in [1.82, 2.24) is 15.0 Å². The number of carbonyl (C=O) groups is 1. The van der Waals surface area contributed by atoms with Crippen LogP contribution in [-0.2, 0) is 14.3 Å². The second-order valence-electron chi connectivity index (χ2n) is 10.3. The van der Waals surface area contributed by atoms with Crippen molar-refractivity contribution in [3.05, 3.63) is 63.2 Å². The minimum absolute atomic E-state index is 0.0560. The van der Waals surface area contributed by atoms with Crippen molar-refractivity contribution in [1.29, 1.82) is 5.26 Å². The lowest BCUT2D eigenvalue weighted by molar-refractivity contribution is -0.211. The number of aliphatic hydroxyl groups excluding tert-OH is 3. The number of anilines is 1. The number of aliphatic hydroxyl groups is 3. The number of amides is 1. The van der Waals surface area contributed by atoms with Crippen LogP contribution in [0, 0.1) is 23.0 Å². The number of aromatic nitrogens is 3. The van der Waals surface area contributed by atoms with Crippen LogP contribution in [0.15, 0.2) is 41.0 Å². The van der Waals surface area contributed by atoms with E-state index in [0.717, 1.165) is 4.68 Å². The van der Waals surface area contributed by atoms with Gasteiger partial charge in [0.1, 0.15) is 30.0 Å². The summed E-state index contributed by atoms with van der Waals surface area (Å²) in [6.07, 6.45) is -3.54. The highest BCUT2D eigenvalue weighted by Crippen LogP contribution is 2.38. The van der Waals surface area contributed by atoms with Crippen LogP contribution in [0.4, 0.5) is 14.5 Å². The molecular weight excluding hydrogens is 656 g/mol. The van der Waals surface area contributed by atoms with E-state index in [1.54, 1.807) is 0 Å². The van der Waals surface area contributed by atoms with E-state index < -0.39 is 66.8 Å². The summed E-state index contributed by atoms with van der Waals surface area (Å²) < 4.78 is 41.6. The summed E-state index contributed by atoms with van der Waals surface area (Å²) in [5.41, 5.74) is 0.190. The molecule has 1 saturated heterocycles. The number of hydrogen-bond donors (Lipinski definition) is 3. The van der Waals surface area contributed by atoms with Gasteiger partial charge in [-0.05, 0) is 65.5 Å². The van der Waals surface area contributed by atoms with E-state index in [0.29, 0.717) is 19.3 Å². The van der Waals surface area contributed by atoms with Crippen LogP contribution < -0.4 is 4.90 Å². The zero-order valence-corrected chi connectivity index (χ0v) is 25.0. The maximum absolute atomic E-state index is 14.7. The molecule has 2 fully saturated rings. The number of ether oxygens (including phenoxy) is 2. The van der Waals surface area contributed by atoms with Gasteiger partial charge in [-0.2, -0.15) is 5.26 Å². The van der Waals surface area contributed by atoms with Crippen molar-refractivity contribution in [2.24, 2.45) is 0 Å². The lowest BCUT2D eigenvalue weighted by atomic mass is 9.91. The molecule has 228 valence electrons. The summed E-state index contributed by atoms with van der Waals surface area (Å²) in [7, 11) is 1.29. The topological polar surface area (TPSA) is 154 Å². The molecule has 11 nitrogen and oxygen atoms in total. The standard InChI is InChI=1S/C28H27BrClF2N5O6/c1-42-26-24(36-11-18(34-35-36)16-5-6-17(29)23(32)22(16)31)25(40)21(12-38)43-27(26)28(41)37(19-3-2-4-20(19)39)15-8-13(10-33)7-14(30)9-15/h5-9,11,19-21,24-27,38-40H,2-4,12H2,1H3/t19-,20-,21+,24-,25-,26+,27+/m0/s1. The number of rotatable bonds is 7. The first kappa shape index (κ1) is 31.4. The predicted octanol–water partition coefficient (Wildman–Crippen LogP) is 3.13. The van der Waals surface area contributed by atoms with E-state index in [-0.39, 0.29) is 32.0 Å². The zero-order valence-electron chi connectivity index (χ0n) is 22.6. The monoisotopic (exact) mass is 681 g/mol. The Labute approximate surface area is 258 Å². The van der Waals surface area contributed by atoms with Crippen molar-refractivity contribution < 1.29 is 38.4 Å². The van der Waals surface area contributed by atoms with E-state index in [9.17, 15) is 34.2 Å². The highest BCUT2D eigenvalue weighted by atomic mass is 79.9. The van der Waals surface area contributed by atoms with Gasteiger partial charge in [0.15, 0.2) is 17.7 Å². The van der Waals surface area contributed by atoms with Crippen molar-refractivity contribution in [2.45, 2.75) is 61.9 Å². The van der Waals surface area contributed by atoms with Gasteiger partial charge in [0, 0.05) is 23.4 Å². The number of carbonyl (C=O) groups excluding carboxylic acids is 1.